The van der Waals surface area contributed by atoms with Gasteiger partial charge in [0.1, 0.15) is 19.3 Å². The summed E-state index contributed by atoms with van der Waals surface area (Å²) in [6, 6.07) is 0. The molecule has 0 saturated heterocycles. The summed E-state index contributed by atoms with van der Waals surface area (Å²) in [5.41, 5.74) is 0. The molecular formula is C86H168O17P2. The van der Waals surface area contributed by atoms with Crippen molar-refractivity contribution in [2.24, 2.45) is 23.7 Å². The van der Waals surface area contributed by atoms with Gasteiger partial charge in [-0.1, -0.05) is 396 Å². The highest BCUT2D eigenvalue weighted by atomic mass is 31.2. The fourth-order valence-corrected chi connectivity index (χ4v) is 14.8. The molecule has 0 bridgehead atoms. The van der Waals surface area contributed by atoms with Gasteiger partial charge in [-0.15, -0.1) is 0 Å². The Morgan fingerprint density at radius 2 is 0.457 bits per heavy atom. The van der Waals surface area contributed by atoms with Gasteiger partial charge in [0.05, 0.1) is 26.4 Å². The van der Waals surface area contributed by atoms with Gasteiger partial charge in [0, 0.05) is 25.7 Å². The van der Waals surface area contributed by atoms with Crippen LogP contribution in [0, 0.1) is 23.7 Å². The maximum absolute atomic E-state index is 13.1. The van der Waals surface area contributed by atoms with E-state index in [0.717, 1.165) is 114 Å². The van der Waals surface area contributed by atoms with Crippen molar-refractivity contribution in [2.45, 2.75) is 465 Å². The molecule has 0 aliphatic heterocycles. The normalized spacial score (nSPS) is 14.7. The van der Waals surface area contributed by atoms with Gasteiger partial charge in [-0.2, -0.15) is 0 Å². The van der Waals surface area contributed by atoms with Crippen molar-refractivity contribution in [3.63, 3.8) is 0 Å². The molecule has 0 rings (SSSR count). The molecule has 0 spiro atoms. The summed E-state index contributed by atoms with van der Waals surface area (Å²) in [4.78, 5) is 73.1. The number of unbranched alkanes of at least 4 members (excludes halogenated alkanes) is 46. The van der Waals surface area contributed by atoms with E-state index in [0.29, 0.717) is 31.6 Å². The highest BCUT2D eigenvalue weighted by Gasteiger charge is 2.31. The Morgan fingerprint density at radius 3 is 0.676 bits per heavy atom. The van der Waals surface area contributed by atoms with Crippen molar-refractivity contribution < 1.29 is 80.2 Å². The van der Waals surface area contributed by atoms with Crippen LogP contribution < -0.4 is 0 Å². The maximum Gasteiger partial charge on any atom is 0.472 e. The Morgan fingerprint density at radius 1 is 0.267 bits per heavy atom. The molecule has 5 unspecified atom stereocenters. The van der Waals surface area contributed by atoms with Crippen molar-refractivity contribution in [3.05, 3.63) is 0 Å². The molecule has 0 amide bonds. The van der Waals surface area contributed by atoms with Gasteiger partial charge in [-0.05, 0) is 49.4 Å². The fraction of sp³-hybridized carbons (Fsp3) is 0.953. The van der Waals surface area contributed by atoms with Gasteiger partial charge in [-0.3, -0.25) is 37.3 Å². The zero-order valence-electron chi connectivity index (χ0n) is 69.4. The number of hydrogen-bond acceptors (Lipinski definition) is 15. The summed E-state index contributed by atoms with van der Waals surface area (Å²) < 4.78 is 68.8. The molecular weight excluding hydrogens is 1370 g/mol. The topological polar surface area (TPSA) is 237 Å². The van der Waals surface area contributed by atoms with E-state index in [2.05, 4.69) is 55.4 Å². The van der Waals surface area contributed by atoms with Crippen LogP contribution >= 0.6 is 15.6 Å². The minimum Gasteiger partial charge on any atom is -0.462 e. The zero-order valence-corrected chi connectivity index (χ0v) is 71.2. The molecule has 0 aromatic carbocycles. The number of rotatable bonds is 83. The number of phosphoric acid groups is 2. The first-order chi connectivity index (χ1) is 50.7. The molecule has 0 aliphatic carbocycles. The number of esters is 4. The lowest BCUT2D eigenvalue weighted by Gasteiger charge is -2.21. The zero-order chi connectivity index (χ0) is 77.4. The molecule has 105 heavy (non-hydrogen) atoms. The van der Waals surface area contributed by atoms with Gasteiger partial charge in [0.25, 0.3) is 0 Å². The number of phosphoric ester groups is 2. The minimum atomic E-state index is -4.96. The summed E-state index contributed by atoms with van der Waals surface area (Å²) in [5.74, 6) is 1.09. The Balaban J connectivity index is 5.14. The highest BCUT2D eigenvalue weighted by molar-refractivity contribution is 7.47. The van der Waals surface area contributed by atoms with Crippen molar-refractivity contribution in [1.29, 1.82) is 0 Å². The molecule has 0 heterocycles. The third-order valence-corrected chi connectivity index (χ3v) is 23.1. The molecule has 624 valence electrons. The first kappa shape index (κ1) is 103. The van der Waals surface area contributed by atoms with Crippen molar-refractivity contribution in [1.82, 2.24) is 0 Å². The van der Waals surface area contributed by atoms with Crippen LogP contribution in [0.1, 0.15) is 447 Å². The van der Waals surface area contributed by atoms with Crippen LogP contribution in [-0.2, 0) is 65.4 Å². The maximum atomic E-state index is 13.1. The number of carbonyl (C=O) groups excluding carboxylic acids is 4. The minimum absolute atomic E-state index is 0.107. The van der Waals surface area contributed by atoms with Gasteiger partial charge in [0.2, 0.25) is 0 Å². The Bertz CT molecular complexity index is 2050. The molecule has 0 radical (unpaired) electrons. The van der Waals surface area contributed by atoms with Gasteiger partial charge in [-0.25, -0.2) is 9.13 Å². The van der Waals surface area contributed by atoms with Crippen LogP contribution in [0.15, 0.2) is 0 Å². The SMILES string of the molecule is CCC(C)CCCCCCCCCCCCCCCCCCCCC(=O)O[C@H](COC(=O)CCCCCCCCCCC(C)CC)COP(=O)(O)OC[C@@H](O)COP(=O)(O)OC[C@@H](COC(=O)CCCCCCCCC(C)C)OC(=O)CCCCCCCCCCCCCCCCCCCCC(C)CC. The van der Waals surface area contributed by atoms with E-state index in [-0.39, 0.29) is 25.7 Å². The fourth-order valence-electron chi connectivity index (χ4n) is 13.2. The first-order valence-corrected chi connectivity index (χ1v) is 47.3. The molecule has 0 fully saturated rings. The van der Waals surface area contributed by atoms with E-state index in [9.17, 15) is 43.2 Å². The monoisotopic (exact) mass is 1540 g/mol. The van der Waals surface area contributed by atoms with Crippen LogP contribution in [-0.4, -0.2) is 96.7 Å². The van der Waals surface area contributed by atoms with Crippen molar-refractivity contribution >= 4 is 39.5 Å². The molecule has 0 aromatic heterocycles. The van der Waals surface area contributed by atoms with E-state index in [1.165, 1.54) is 244 Å². The molecule has 3 N–H and O–H groups in total. The predicted molar refractivity (Wildman–Crippen MR) is 432 cm³/mol. The van der Waals surface area contributed by atoms with E-state index in [1.54, 1.807) is 0 Å². The lowest BCUT2D eigenvalue weighted by Crippen LogP contribution is -2.30. The number of ether oxygens (including phenoxy) is 4. The third-order valence-electron chi connectivity index (χ3n) is 21.2. The number of hydrogen-bond donors (Lipinski definition) is 3. The second-order valence-corrected chi connectivity index (χ2v) is 35.0. The summed E-state index contributed by atoms with van der Waals surface area (Å²) in [6.07, 6.45) is 64.1. The van der Waals surface area contributed by atoms with E-state index in [1.807, 2.05) is 0 Å². The van der Waals surface area contributed by atoms with Crippen LogP contribution in [0.25, 0.3) is 0 Å². The number of carbonyl (C=O) groups is 4. The van der Waals surface area contributed by atoms with Crippen molar-refractivity contribution in [3.8, 4) is 0 Å². The molecule has 8 atom stereocenters. The van der Waals surface area contributed by atoms with Gasteiger partial charge < -0.3 is 33.8 Å². The van der Waals surface area contributed by atoms with E-state index < -0.39 is 97.5 Å². The Kier molecular flexibility index (Phi) is 73.4. The smallest absolute Gasteiger partial charge is 0.462 e. The van der Waals surface area contributed by atoms with Crippen LogP contribution in [0.4, 0.5) is 0 Å². The highest BCUT2D eigenvalue weighted by Crippen LogP contribution is 2.45. The van der Waals surface area contributed by atoms with Gasteiger partial charge >= 0.3 is 39.5 Å². The average molecular weight is 1540 g/mol. The van der Waals surface area contributed by atoms with Gasteiger partial charge in [0.15, 0.2) is 12.2 Å². The number of aliphatic hydroxyl groups is 1. The third kappa shape index (κ3) is 75.9. The molecule has 19 heteroatoms. The number of aliphatic hydroxyl groups excluding tert-OH is 1. The summed E-state index contributed by atoms with van der Waals surface area (Å²) in [7, 11) is -9.93. The molecule has 17 nitrogen and oxygen atoms in total. The Hall–Kier alpha value is -1.94. The second kappa shape index (κ2) is 74.8. The summed E-state index contributed by atoms with van der Waals surface area (Å²) in [6.45, 7) is 14.3. The molecule has 0 saturated carbocycles. The predicted octanol–water partition coefficient (Wildman–Crippen LogP) is 25.9. The summed E-state index contributed by atoms with van der Waals surface area (Å²) in [5, 5.41) is 10.7. The average Bonchev–Trinajstić information content (AvgIpc) is 0.904. The quantitative estimate of drug-likeness (QED) is 0.0222. The second-order valence-electron chi connectivity index (χ2n) is 32.1. The van der Waals surface area contributed by atoms with Crippen LogP contribution in [0.3, 0.4) is 0 Å². The Labute approximate surface area is 645 Å². The van der Waals surface area contributed by atoms with Crippen LogP contribution in [0.5, 0.6) is 0 Å². The van der Waals surface area contributed by atoms with Crippen molar-refractivity contribution in [2.75, 3.05) is 39.6 Å². The summed E-state index contributed by atoms with van der Waals surface area (Å²) >= 11 is 0. The largest absolute Gasteiger partial charge is 0.472 e. The van der Waals surface area contributed by atoms with E-state index in [4.69, 9.17) is 37.0 Å². The lowest BCUT2D eigenvalue weighted by atomic mass is 9.99. The lowest BCUT2D eigenvalue weighted by molar-refractivity contribution is -0.161. The van der Waals surface area contributed by atoms with E-state index >= 15 is 0 Å². The molecule has 0 aromatic rings. The van der Waals surface area contributed by atoms with Crippen LogP contribution in [0.2, 0.25) is 0 Å². The molecule has 0 aliphatic rings. The standard InChI is InChI=1S/C86H168O17P2/c1-9-77(6)63-55-47-38-32-28-24-20-16-12-14-18-22-26-30-34-42-52-60-68-85(90)102-81(72-96-83(88)66-58-50-41-37-36-40-49-57-65-79(8)11-3)74-100-104(92,93)98-70-80(87)71-99-105(94,95)101-75-82(73-97-84(89)67-59-51-45-44-46-54-62-76(4)5)103-86(91)69-61-53-43-35-31-27-23-19-15-13-17-21-25-29-33-39-48-56-64-78(7)10-2/h76-82,87H,9-75H2,1-8H3,(H,92,93)(H,94,95)/t77?,78?,79?,80-,81-,82-/m1/s1. The first-order valence-electron chi connectivity index (χ1n) is 44.3.